The van der Waals surface area contributed by atoms with E-state index in [1.165, 1.54) is 0 Å². The van der Waals surface area contributed by atoms with Crippen LogP contribution in [0.5, 0.6) is 11.5 Å². The van der Waals surface area contributed by atoms with E-state index in [-0.39, 0.29) is 5.56 Å². The topological polar surface area (TPSA) is 72.8 Å². The van der Waals surface area contributed by atoms with Crippen molar-refractivity contribution < 1.29 is 24.2 Å². The predicted molar refractivity (Wildman–Crippen MR) is 61.8 cm³/mol. The first kappa shape index (κ1) is 11.9. The summed E-state index contributed by atoms with van der Waals surface area (Å²) in [5, 5.41) is 8.75. The van der Waals surface area contributed by atoms with Crippen molar-refractivity contribution in [3.8, 4) is 11.5 Å². The molecule has 0 unspecified atom stereocenters. The summed E-state index contributed by atoms with van der Waals surface area (Å²) in [6, 6.07) is 1.55. The number of carboxylic acid groups (broad SMARTS) is 1. The van der Waals surface area contributed by atoms with Gasteiger partial charge in [-0.25, -0.2) is 4.79 Å². The highest BCUT2D eigenvalue weighted by Crippen LogP contribution is 2.39. The molecule has 0 amide bonds. The zero-order valence-electron chi connectivity index (χ0n) is 8.95. The Kier molecular flexibility index (Phi) is 3.06. The van der Waals surface area contributed by atoms with E-state index in [1.54, 1.807) is 13.0 Å². The molecule has 6 heteroatoms. The number of hydrogen-bond acceptors (Lipinski definition) is 4. The van der Waals surface area contributed by atoms with Crippen molar-refractivity contribution >= 4 is 27.7 Å². The summed E-state index contributed by atoms with van der Waals surface area (Å²) in [4.78, 5) is 22.3. The van der Waals surface area contributed by atoms with Gasteiger partial charge in [0.15, 0.2) is 11.5 Å². The molecule has 0 radical (unpaired) electrons. The van der Waals surface area contributed by atoms with Crippen LogP contribution >= 0.6 is 15.9 Å². The summed E-state index contributed by atoms with van der Waals surface area (Å²) in [7, 11) is 0. The normalized spacial score (nSPS) is 13.3. The van der Waals surface area contributed by atoms with Gasteiger partial charge in [0.05, 0.1) is 5.56 Å². The number of carbonyl (C=O) groups excluding carboxylic acids is 1. The number of rotatable bonds is 2. The van der Waals surface area contributed by atoms with Gasteiger partial charge in [0.1, 0.15) is 13.2 Å². The summed E-state index contributed by atoms with van der Waals surface area (Å²) >= 11 is 3.18. The van der Waals surface area contributed by atoms with Gasteiger partial charge in [-0.1, -0.05) is 0 Å². The predicted octanol–water partition coefficient (Wildman–Crippen LogP) is 1.80. The van der Waals surface area contributed by atoms with Crippen LogP contribution < -0.4 is 9.47 Å². The minimum Gasteiger partial charge on any atom is -0.486 e. The molecule has 0 aliphatic carbocycles. The van der Waals surface area contributed by atoms with Crippen molar-refractivity contribution in [3.05, 3.63) is 21.7 Å². The van der Waals surface area contributed by atoms with Gasteiger partial charge in [-0.2, -0.15) is 0 Å². The molecule has 0 aromatic heterocycles. The second kappa shape index (κ2) is 4.37. The van der Waals surface area contributed by atoms with E-state index in [4.69, 9.17) is 14.6 Å². The molecule has 1 N–H and O–H groups in total. The quantitative estimate of drug-likeness (QED) is 0.666. The van der Waals surface area contributed by atoms with Gasteiger partial charge in [0, 0.05) is 10.0 Å². The Labute approximate surface area is 105 Å². The lowest BCUT2D eigenvalue weighted by Crippen LogP contribution is -2.20. The molecule has 0 saturated carbocycles. The summed E-state index contributed by atoms with van der Waals surface area (Å²) < 4.78 is 11.2. The van der Waals surface area contributed by atoms with Gasteiger partial charge >= 0.3 is 5.97 Å². The number of carbonyl (C=O) groups is 2. The molecule has 0 bridgehead atoms. The van der Waals surface area contributed by atoms with Crippen LogP contribution in [-0.4, -0.2) is 30.1 Å². The number of ether oxygens (including phenoxy) is 2. The monoisotopic (exact) mass is 300 g/mol. The Morgan fingerprint density at radius 3 is 2.65 bits per heavy atom. The number of halogens is 1. The molecule has 1 aromatic carbocycles. The highest BCUT2D eigenvalue weighted by Gasteiger charge is 2.26. The maximum atomic E-state index is 11.5. The molecule has 5 nitrogen and oxygen atoms in total. The second-order valence-electron chi connectivity index (χ2n) is 3.52. The van der Waals surface area contributed by atoms with Gasteiger partial charge in [-0.05, 0) is 28.9 Å². The number of fused-ring (bicyclic) bond motifs is 1. The van der Waals surface area contributed by atoms with E-state index in [9.17, 15) is 9.59 Å². The van der Waals surface area contributed by atoms with Crippen LogP contribution in [0.3, 0.4) is 0 Å². The fourth-order valence-electron chi connectivity index (χ4n) is 1.70. The van der Waals surface area contributed by atoms with Crippen LogP contribution in [0.15, 0.2) is 10.5 Å². The van der Waals surface area contributed by atoms with E-state index in [0.29, 0.717) is 34.7 Å². The maximum Gasteiger partial charge on any atom is 0.377 e. The van der Waals surface area contributed by atoms with Crippen molar-refractivity contribution in [2.24, 2.45) is 0 Å². The summed E-state index contributed by atoms with van der Waals surface area (Å²) in [6.45, 7) is 2.45. The van der Waals surface area contributed by atoms with E-state index in [2.05, 4.69) is 15.9 Å². The third-order valence-corrected chi connectivity index (χ3v) is 3.07. The van der Waals surface area contributed by atoms with E-state index >= 15 is 0 Å². The molecule has 0 fully saturated rings. The molecule has 0 saturated heterocycles. The Morgan fingerprint density at radius 2 is 2.00 bits per heavy atom. The average molecular weight is 301 g/mol. The number of hydrogen-bond donors (Lipinski definition) is 1. The third kappa shape index (κ3) is 2.00. The minimum absolute atomic E-state index is 0.0988. The zero-order chi connectivity index (χ0) is 12.6. The Morgan fingerprint density at radius 1 is 1.35 bits per heavy atom. The smallest absolute Gasteiger partial charge is 0.377 e. The van der Waals surface area contributed by atoms with Crippen molar-refractivity contribution in [3.63, 3.8) is 0 Å². The van der Waals surface area contributed by atoms with Crippen LogP contribution in [0, 0.1) is 6.92 Å². The molecule has 2 rings (SSSR count). The molecule has 0 atom stereocenters. The minimum atomic E-state index is -1.49. The molecule has 17 heavy (non-hydrogen) atoms. The zero-order valence-corrected chi connectivity index (χ0v) is 10.5. The molecule has 1 heterocycles. The third-order valence-electron chi connectivity index (χ3n) is 2.44. The lowest BCUT2D eigenvalue weighted by atomic mass is 10.0. The first-order valence-electron chi connectivity index (χ1n) is 4.88. The van der Waals surface area contributed by atoms with Crippen molar-refractivity contribution in [1.82, 2.24) is 0 Å². The van der Waals surface area contributed by atoms with Gasteiger partial charge in [-0.15, -0.1) is 0 Å². The molecule has 1 aromatic rings. The Bertz CT molecular complexity index is 509. The fraction of sp³-hybridized carbons (Fsp3) is 0.273. The van der Waals surface area contributed by atoms with Gasteiger partial charge in [-0.3, -0.25) is 4.79 Å². The van der Waals surface area contributed by atoms with Crippen molar-refractivity contribution in [1.29, 1.82) is 0 Å². The first-order valence-corrected chi connectivity index (χ1v) is 5.68. The number of carboxylic acids is 1. The second-order valence-corrected chi connectivity index (χ2v) is 4.37. The molecule has 0 spiro atoms. The first-order chi connectivity index (χ1) is 8.02. The van der Waals surface area contributed by atoms with Crippen LogP contribution in [0.2, 0.25) is 0 Å². The SMILES string of the molecule is Cc1c2c(cc(Br)c1C(=O)C(=O)O)OCCO2. The van der Waals surface area contributed by atoms with Crippen LogP contribution in [0.25, 0.3) is 0 Å². The van der Waals surface area contributed by atoms with E-state index < -0.39 is 11.8 Å². The Hall–Kier alpha value is -1.56. The summed E-state index contributed by atoms with van der Waals surface area (Å²) in [5.74, 6) is -1.51. The van der Waals surface area contributed by atoms with Gasteiger partial charge < -0.3 is 14.6 Å². The Balaban J connectivity index is 2.61. The molecule has 90 valence electrons. The summed E-state index contributed by atoms with van der Waals surface area (Å²) in [5.41, 5.74) is 0.572. The van der Waals surface area contributed by atoms with E-state index in [1.807, 2.05) is 0 Å². The highest BCUT2D eigenvalue weighted by molar-refractivity contribution is 9.10. The molecule has 1 aliphatic rings. The fourth-order valence-corrected chi connectivity index (χ4v) is 2.38. The van der Waals surface area contributed by atoms with Crippen LogP contribution in [0.4, 0.5) is 0 Å². The molecular weight excluding hydrogens is 292 g/mol. The van der Waals surface area contributed by atoms with Crippen LogP contribution in [0.1, 0.15) is 15.9 Å². The highest BCUT2D eigenvalue weighted by atomic mass is 79.9. The standard InChI is InChI=1S/C11H9BrO5/c1-5-8(9(13)11(14)15)6(12)4-7-10(5)17-3-2-16-7/h4H,2-3H2,1H3,(H,14,15). The van der Waals surface area contributed by atoms with Crippen molar-refractivity contribution in [2.75, 3.05) is 13.2 Å². The lowest BCUT2D eigenvalue weighted by molar-refractivity contribution is -0.131. The van der Waals surface area contributed by atoms with E-state index in [0.717, 1.165) is 0 Å². The van der Waals surface area contributed by atoms with Gasteiger partial charge in [0.2, 0.25) is 0 Å². The van der Waals surface area contributed by atoms with Crippen LogP contribution in [-0.2, 0) is 4.79 Å². The van der Waals surface area contributed by atoms with Gasteiger partial charge in [0.25, 0.3) is 5.78 Å². The lowest BCUT2D eigenvalue weighted by Gasteiger charge is -2.22. The van der Waals surface area contributed by atoms with Crippen molar-refractivity contribution in [2.45, 2.75) is 6.92 Å². The number of Topliss-reactive ketones (excluding diaryl/α,β-unsaturated/α-hetero) is 1. The largest absolute Gasteiger partial charge is 0.486 e. The number of aliphatic carboxylic acids is 1. The maximum absolute atomic E-state index is 11.5. The summed E-state index contributed by atoms with van der Waals surface area (Å²) in [6.07, 6.45) is 0. The molecular formula is C11H9BrO5. The average Bonchev–Trinajstić information content (AvgIpc) is 2.28. The molecule has 1 aliphatic heterocycles. The number of benzene rings is 1. The number of ketones is 1.